The first-order valence-electron chi connectivity index (χ1n) is 6.71. The first-order chi connectivity index (χ1) is 10.0. The molecule has 2 N–H and O–H groups in total. The van der Waals surface area contributed by atoms with Crippen LogP contribution in [0.25, 0.3) is 0 Å². The van der Waals surface area contributed by atoms with E-state index in [1.807, 2.05) is 13.0 Å². The molecule has 1 aromatic carbocycles. The van der Waals surface area contributed by atoms with Crippen LogP contribution in [0, 0.1) is 6.92 Å². The van der Waals surface area contributed by atoms with E-state index in [9.17, 15) is 9.90 Å². The fourth-order valence-corrected chi connectivity index (χ4v) is 2.95. The number of carboxylic acid groups (broad SMARTS) is 1. The van der Waals surface area contributed by atoms with Gasteiger partial charge in [-0.15, -0.1) is 11.3 Å². The minimum Gasteiger partial charge on any atom is -0.496 e. The largest absolute Gasteiger partial charge is 0.496 e. The van der Waals surface area contributed by atoms with Gasteiger partial charge in [0.1, 0.15) is 11.3 Å². The molecule has 0 bridgehead atoms. The van der Waals surface area contributed by atoms with Crippen LogP contribution in [0.2, 0.25) is 0 Å². The van der Waals surface area contributed by atoms with Crippen LogP contribution in [0.5, 0.6) is 5.75 Å². The number of benzene rings is 1. The van der Waals surface area contributed by atoms with Crippen LogP contribution in [0.15, 0.2) is 30.3 Å². The standard InChI is InChI=1S/C16H19NO3S/c1-10-4-6-13(21-10)9-17-11(2)12-5-7-15(20-3)14(8-12)16(18)19/h4-8,11,17H,9H2,1-3H3,(H,18,19)/t11-/m0/s1. The van der Waals surface area contributed by atoms with Gasteiger partial charge in [-0.25, -0.2) is 4.79 Å². The smallest absolute Gasteiger partial charge is 0.339 e. The van der Waals surface area contributed by atoms with Crippen molar-refractivity contribution in [2.75, 3.05) is 7.11 Å². The summed E-state index contributed by atoms with van der Waals surface area (Å²) in [4.78, 5) is 13.8. The van der Waals surface area contributed by atoms with Crippen molar-refractivity contribution >= 4 is 17.3 Å². The Morgan fingerprint density at radius 3 is 2.71 bits per heavy atom. The maximum atomic E-state index is 11.2. The summed E-state index contributed by atoms with van der Waals surface area (Å²) in [7, 11) is 1.47. The molecule has 0 fully saturated rings. The predicted octanol–water partition coefficient (Wildman–Crippen LogP) is 3.61. The lowest BCUT2D eigenvalue weighted by Crippen LogP contribution is -2.18. The molecule has 0 spiro atoms. The Morgan fingerprint density at radius 2 is 2.14 bits per heavy atom. The molecule has 2 rings (SSSR count). The quantitative estimate of drug-likeness (QED) is 0.856. The molecule has 1 heterocycles. The number of methoxy groups -OCH3 is 1. The summed E-state index contributed by atoms with van der Waals surface area (Å²) >= 11 is 1.76. The SMILES string of the molecule is COc1ccc([C@H](C)NCc2ccc(C)s2)cc1C(=O)O. The molecule has 0 aliphatic heterocycles. The summed E-state index contributed by atoms with van der Waals surface area (Å²) in [5.74, 6) is -0.595. The van der Waals surface area contributed by atoms with Crippen molar-refractivity contribution in [3.63, 3.8) is 0 Å². The van der Waals surface area contributed by atoms with Crippen LogP contribution >= 0.6 is 11.3 Å². The maximum absolute atomic E-state index is 11.2. The molecule has 21 heavy (non-hydrogen) atoms. The highest BCUT2D eigenvalue weighted by atomic mass is 32.1. The van der Waals surface area contributed by atoms with E-state index < -0.39 is 5.97 Å². The summed E-state index contributed by atoms with van der Waals surface area (Å²) in [6.07, 6.45) is 0. The zero-order valence-electron chi connectivity index (χ0n) is 12.3. The van der Waals surface area contributed by atoms with Gasteiger partial charge in [-0.2, -0.15) is 0 Å². The zero-order chi connectivity index (χ0) is 15.4. The zero-order valence-corrected chi connectivity index (χ0v) is 13.2. The summed E-state index contributed by atoms with van der Waals surface area (Å²) < 4.78 is 5.07. The van der Waals surface area contributed by atoms with E-state index in [4.69, 9.17) is 4.74 Å². The molecular weight excluding hydrogens is 286 g/mol. The van der Waals surface area contributed by atoms with Gasteiger partial charge in [-0.3, -0.25) is 0 Å². The monoisotopic (exact) mass is 305 g/mol. The second-order valence-corrected chi connectivity index (χ2v) is 6.25. The van der Waals surface area contributed by atoms with Crippen LogP contribution in [-0.4, -0.2) is 18.2 Å². The first kappa shape index (κ1) is 15.5. The normalized spacial score (nSPS) is 12.1. The van der Waals surface area contributed by atoms with Crippen molar-refractivity contribution in [1.82, 2.24) is 5.32 Å². The van der Waals surface area contributed by atoms with Crippen molar-refractivity contribution in [1.29, 1.82) is 0 Å². The van der Waals surface area contributed by atoms with Gasteiger partial charge in [0.15, 0.2) is 0 Å². The topological polar surface area (TPSA) is 58.6 Å². The number of aromatic carboxylic acids is 1. The second kappa shape index (κ2) is 6.74. The van der Waals surface area contributed by atoms with Crippen molar-refractivity contribution in [2.45, 2.75) is 26.4 Å². The molecule has 2 aromatic rings. The second-order valence-electron chi connectivity index (χ2n) is 4.88. The molecule has 0 saturated heterocycles. The van der Waals surface area contributed by atoms with Crippen LogP contribution in [-0.2, 0) is 6.54 Å². The van der Waals surface area contributed by atoms with Crippen LogP contribution < -0.4 is 10.1 Å². The van der Waals surface area contributed by atoms with E-state index >= 15 is 0 Å². The third-order valence-electron chi connectivity index (χ3n) is 3.33. The maximum Gasteiger partial charge on any atom is 0.339 e. The molecular formula is C16H19NO3S. The number of rotatable bonds is 6. The van der Waals surface area contributed by atoms with Gasteiger partial charge in [0.2, 0.25) is 0 Å². The lowest BCUT2D eigenvalue weighted by atomic mass is 10.0. The van der Waals surface area contributed by atoms with Gasteiger partial charge >= 0.3 is 5.97 Å². The Hall–Kier alpha value is -1.85. The molecule has 1 atom stereocenters. The molecule has 112 valence electrons. The number of thiophene rings is 1. The number of hydrogen-bond acceptors (Lipinski definition) is 4. The Kier molecular flexibility index (Phi) is 4.98. The molecule has 1 aromatic heterocycles. The number of carboxylic acids is 1. The molecule has 0 aliphatic carbocycles. The van der Waals surface area contributed by atoms with E-state index in [0.717, 1.165) is 12.1 Å². The molecule has 5 heteroatoms. The Labute approximate surface area is 128 Å². The van der Waals surface area contributed by atoms with E-state index in [0.29, 0.717) is 5.75 Å². The molecule has 0 saturated carbocycles. The van der Waals surface area contributed by atoms with Gasteiger partial charge in [-0.05, 0) is 43.7 Å². The summed E-state index contributed by atoms with van der Waals surface area (Å²) in [5, 5.41) is 12.6. The van der Waals surface area contributed by atoms with Gasteiger partial charge in [0.25, 0.3) is 0 Å². The van der Waals surface area contributed by atoms with Crippen LogP contribution in [0.1, 0.15) is 38.6 Å². The lowest BCUT2D eigenvalue weighted by molar-refractivity contribution is 0.0693. The third kappa shape index (κ3) is 3.83. The number of ether oxygens (including phenoxy) is 1. The number of carbonyl (C=O) groups is 1. The van der Waals surface area contributed by atoms with E-state index in [-0.39, 0.29) is 11.6 Å². The van der Waals surface area contributed by atoms with E-state index in [1.165, 1.54) is 16.9 Å². The van der Waals surface area contributed by atoms with Gasteiger partial charge in [0.05, 0.1) is 7.11 Å². The molecule has 0 unspecified atom stereocenters. The third-order valence-corrected chi connectivity index (χ3v) is 4.33. The lowest BCUT2D eigenvalue weighted by Gasteiger charge is -2.15. The molecule has 0 radical (unpaired) electrons. The van der Waals surface area contributed by atoms with Crippen molar-refractivity contribution in [3.05, 3.63) is 51.2 Å². The highest BCUT2D eigenvalue weighted by Crippen LogP contribution is 2.24. The summed E-state index contributed by atoms with van der Waals surface area (Å²) in [5.41, 5.74) is 1.12. The van der Waals surface area contributed by atoms with Crippen molar-refractivity contribution in [3.8, 4) is 5.75 Å². The van der Waals surface area contributed by atoms with Gasteiger partial charge in [0, 0.05) is 22.3 Å². The molecule has 0 aliphatic rings. The van der Waals surface area contributed by atoms with E-state index in [1.54, 1.807) is 23.5 Å². The Morgan fingerprint density at radius 1 is 1.38 bits per heavy atom. The Balaban J connectivity index is 2.10. The Bertz CT molecular complexity index is 636. The minimum atomic E-state index is -0.977. The highest BCUT2D eigenvalue weighted by molar-refractivity contribution is 7.11. The predicted molar refractivity (Wildman–Crippen MR) is 84.3 cm³/mol. The summed E-state index contributed by atoms with van der Waals surface area (Å²) in [6, 6.07) is 9.53. The highest BCUT2D eigenvalue weighted by Gasteiger charge is 2.14. The number of nitrogens with one attached hydrogen (secondary N) is 1. The van der Waals surface area contributed by atoms with Crippen molar-refractivity contribution in [2.24, 2.45) is 0 Å². The van der Waals surface area contributed by atoms with Gasteiger partial charge < -0.3 is 15.2 Å². The van der Waals surface area contributed by atoms with E-state index in [2.05, 4.69) is 24.4 Å². The summed E-state index contributed by atoms with van der Waals surface area (Å²) in [6.45, 7) is 4.88. The average Bonchev–Trinajstić information content (AvgIpc) is 2.89. The first-order valence-corrected chi connectivity index (χ1v) is 7.53. The molecule has 0 amide bonds. The van der Waals surface area contributed by atoms with Crippen LogP contribution in [0.3, 0.4) is 0 Å². The fourth-order valence-electron chi connectivity index (χ4n) is 2.11. The van der Waals surface area contributed by atoms with Crippen molar-refractivity contribution < 1.29 is 14.6 Å². The van der Waals surface area contributed by atoms with Crippen LogP contribution in [0.4, 0.5) is 0 Å². The number of hydrogen-bond donors (Lipinski definition) is 2. The average molecular weight is 305 g/mol. The number of aryl methyl sites for hydroxylation is 1. The van der Waals surface area contributed by atoms with Gasteiger partial charge in [-0.1, -0.05) is 6.07 Å². The minimum absolute atomic E-state index is 0.0661. The fraction of sp³-hybridized carbons (Fsp3) is 0.312. The molecule has 4 nitrogen and oxygen atoms in total.